The Bertz CT molecular complexity index is 834. The van der Waals surface area contributed by atoms with Crippen LogP contribution in [0.25, 0.3) is 0 Å². The Balaban J connectivity index is 2.39. The molecule has 128 valence electrons. The van der Waals surface area contributed by atoms with Gasteiger partial charge in [0.25, 0.3) is 10.0 Å². The number of hydrogen-bond acceptors (Lipinski definition) is 4. The van der Waals surface area contributed by atoms with Crippen LogP contribution in [0.2, 0.25) is 5.02 Å². The van der Waals surface area contributed by atoms with Crippen molar-refractivity contribution in [2.45, 2.75) is 18.2 Å². The lowest BCUT2D eigenvalue weighted by Gasteiger charge is -2.14. The second-order valence-corrected chi connectivity index (χ2v) is 7.04. The van der Waals surface area contributed by atoms with E-state index in [0.717, 1.165) is 6.42 Å². The van der Waals surface area contributed by atoms with E-state index in [1.165, 1.54) is 42.5 Å². The van der Waals surface area contributed by atoms with E-state index in [0.29, 0.717) is 11.6 Å². The molecular weight excluding hydrogens is 354 g/mol. The van der Waals surface area contributed by atoms with Gasteiger partial charge in [-0.25, -0.2) is 13.2 Å². The van der Waals surface area contributed by atoms with Crippen molar-refractivity contribution in [3.8, 4) is 5.75 Å². The molecule has 0 saturated heterocycles. The fourth-order valence-electron chi connectivity index (χ4n) is 1.90. The smallest absolute Gasteiger partial charge is 0.335 e. The standard InChI is InChI=1S/C16H16ClNO5S/c1-2-9-23-15-8-3-11(16(19)20)10-14(15)18-24(21,22)13-6-4-12(17)5-7-13/h3-8,10,18H,2,9H2,1H3,(H,19,20). The Kier molecular flexibility index (Phi) is 5.69. The van der Waals surface area contributed by atoms with E-state index in [4.69, 9.17) is 21.4 Å². The van der Waals surface area contributed by atoms with E-state index in [-0.39, 0.29) is 21.9 Å². The quantitative estimate of drug-likeness (QED) is 0.777. The predicted octanol–water partition coefficient (Wildman–Crippen LogP) is 3.63. The summed E-state index contributed by atoms with van der Waals surface area (Å²) in [7, 11) is -3.90. The summed E-state index contributed by atoms with van der Waals surface area (Å²) in [5, 5.41) is 9.50. The number of anilines is 1. The van der Waals surface area contributed by atoms with E-state index in [1.54, 1.807) is 0 Å². The molecule has 8 heteroatoms. The number of hydrogen-bond donors (Lipinski definition) is 2. The summed E-state index contributed by atoms with van der Waals surface area (Å²) in [6, 6.07) is 9.64. The van der Waals surface area contributed by atoms with Gasteiger partial charge in [-0.05, 0) is 48.9 Å². The fraction of sp³-hybridized carbons (Fsp3) is 0.188. The van der Waals surface area contributed by atoms with Crippen molar-refractivity contribution < 1.29 is 23.1 Å². The van der Waals surface area contributed by atoms with Crippen molar-refractivity contribution in [2.75, 3.05) is 11.3 Å². The van der Waals surface area contributed by atoms with Gasteiger partial charge in [-0.2, -0.15) is 0 Å². The number of benzene rings is 2. The monoisotopic (exact) mass is 369 g/mol. The van der Waals surface area contributed by atoms with Crippen molar-refractivity contribution in [3.63, 3.8) is 0 Å². The van der Waals surface area contributed by atoms with E-state index in [9.17, 15) is 13.2 Å². The number of sulfonamides is 1. The topological polar surface area (TPSA) is 92.7 Å². The van der Waals surface area contributed by atoms with Gasteiger partial charge in [0, 0.05) is 5.02 Å². The normalized spacial score (nSPS) is 11.1. The first kappa shape index (κ1) is 18.1. The molecular formula is C16H16ClNO5S. The Hall–Kier alpha value is -2.25. The molecule has 0 heterocycles. The number of halogens is 1. The lowest BCUT2D eigenvalue weighted by Crippen LogP contribution is -2.14. The zero-order valence-corrected chi connectivity index (χ0v) is 14.4. The third kappa shape index (κ3) is 4.39. The van der Waals surface area contributed by atoms with E-state index < -0.39 is 16.0 Å². The second kappa shape index (κ2) is 7.55. The lowest BCUT2D eigenvalue weighted by molar-refractivity contribution is 0.0697. The molecule has 2 aromatic rings. The van der Waals surface area contributed by atoms with Gasteiger partial charge in [-0.15, -0.1) is 0 Å². The number of nitrogens with one attached hydrogen (secondary N) is 1. The van der Waals surface area contributed by atoms with Crippen LogP contribution in [0.15, 0.2) is 47.4 Å². The highest BCUT2D eigenvalue weighted by molar-refractivity contribution is 7.92. The van der Waals surface area contributed by atoms with Gasteiger partial charge in [0.1, 0.15) is 5.75 Å². The van der Waals surface area contributed by atoms with Gasteiger partial charge in [0.05, 0.1) is 22.8 Å². The molecule has 0 aliphatic rings. The molecule has 0 fully saturated rings. The highest BCUT2D eigenvalue weighted by Crippen LogP contribution is 2.29. The van der Waals surface area contributed by atoms with Crippen LogP contribution in [0.4, 0.5) is 5.69 Å². The zero-order chi connectivity index (χ0) is 17.7. The number of carboxylic acids is 1. The highest BCUT2D eigenvalue weighted by Gasteiger charge is 2.18. The molecule has 0 unspecified atom stereocenters. The van der Waals surface area contributed by atoms with E-state index >= 15 is 0 Å². The summed E-state index contributed by atoms with van der Waals surface area (Å²) in [4.78, 5) is 11.1. The van der Waals surface area contributed by atoms with Crippen LogP contribution in [0.5, 0.6) is 5.75 Å². The molecule has 0 amide bonds. The maximum Gasteiger partial charge on any atom is 0.335 e. The lowest BCUT2D eigenvalue weighted by atomic mass is 10.2. The molecule has 6 nitrogen and oxygen atoms in total. The largest absolute Gasteiger partial charge is 0.491 e. The number of carboxylic acid groups (broad SMARTS) is 1. The van der Waals surface area contributed by atoms with Crippen molar-refractivity contribution in [1.29, 1.82) is 0 Å². The summed E-state index contributed by atoms with van der Waals surface area (Å²) in [5.74, 6) is -0.900. The number of ether oxygens (including phenoxy) is 1. The summed E-state index contributed by atoms with van der Waals surface area (Å²) in [6.45, 7) is 2.28. The molecule has 0 radical (unpaired) electrons. The Morgan fingerprint density at radius 2 is 1.88 bits per heavy atom. The van der Waals surface area contributed by atoms with Crippen LogP contribution < -0.4 is 9.46 Å². The minimum atomic E-state index is -3.90. The molecule has 0 atom stereocenters. The molecule has 2 N–H and O–H groups in total. The first-order valence-electron chi connectivity index (χ1n) is 7.12. The third-order valence-corrected chi connectivity index (χ3v) is 4.69. The second-order valence-electron chi connectivity index (χ2n) is 4.92. The Morgan fingerprint density at radius 3 is 2.46 bits per heavy atom. The van der Waals surface area contributed by atoms with Crippen molar-refractivity contribution >= 4 is 33.3 Å². The molecule has 0 bridgehead atoms. The number of carbonyl (C=O) groups is 1. The van der Waals surface area contributed by atoms with Gasteiger partial charge < -0.3 is 9.84 Å². The minimum absolute atomic E-state index is 0.00840. The molecule has 2 aromatic carbocycles. The highest BCUT2D eigenvalue weighted by atomic mass is 35.5. The van der Waals surface area contributed by atoms with Gasteiger partial charge in [-0.3, -0.25) is 4.72 Å². The fourth-order valence-corrected chi connectivity index (χ4v) is 3.09. The average Bonchev–Trinajstić information content (AvgIpc) is 2.53. The summed E-state index contributed by atoms with van der Waals surface area (Å²) >= 11 is 5.76. The number of aromatic carboxylic acids is 1. The van der Waals surface area contributed by atoms with Crippen LogP contribution in [0.1, 0.15) is 23.7 Å². The number of rotatable bonds is 7. The predicted molar refractivity (Wildman–Crippen MR) is 91.4 cm³/mol. The van der Waals surface area contributed by atoms with Crippen molar-refractivity contribution in [3.05, 3.63) is 53.1 Å². The summed E-state index contributed by atoms with van der Waals surface area (Å²) in [6.07, 6.45) is 0.726. The van der Waals surface area contributed by atoms with Gasteiger partial charge in [0.2, 0.25) is 0 Å². The molecule has 2 rings (SSSR count). The van der Waals surface area contributed by atoms with Gasteiger partial charge in [0.15, 0.2) is 0 Å². The van der Waals surface area contributed by atoms with Crippen LogP contribution in [-0.2, 0) is 10.0 Å². The van der Waals surface area contributed by atoms with Crippen LogP contribution in [0, 0.1) is 0 Å². The van der Waals surface area contributed by atoms with Gasteiger partial charge in [-0.1, -0.05) is 18.5 Å². The first-order valence-corrected chi connectivity index (χ1v) is 8.98. The SMILES string of the molecule is CCCOc1ccc(C(=O)O)cc1NS(=O)(=O)c1ccc(Cl)cc1. The Labute approximate surface area is 145 Å². The zero-order valence-electron chi connectivity index (χ0n) is 12.8. The maximum atomic E-state index is 12.5. The average molecular weight is 370 g/mol. The van der Waals surface area contributed by atoms with Crippen LogP contribution in [-0.4, -0.2) is 26.1 Å². The molecule has 0 saturated carbocycles. The Morgan fingerprint density at radius 1 is 1.21 bits per heavy atom. The maximum absolute atomic E-state index is 12.5. The van der Waals surface area contributed by atoms with Crippen molar-refractivity contribution in [1.82, 2.24) is 0 Å². The van der Waals surface area contributed by atoms with Crippen molar-refractivity contribution in [2.24, 2.45) is 0 Å². The molecule has 0 aromatic heterocycles. The molecule has 24 heavy (non-hydrogen) atoms. The van der Waals surface area contributed by atoms with E-state index in [2.05, 4.69) is 4.72 Å². The van der Waals surface area contributed by atoms with Gasteiger partial charge >= 0.3 is 5.97 Å². The summed E-state index contributed by atoms with van der Waals surface area (Å²) < 4.78 is 32.8. The summed E-state index contributed by atoms with van der Waals surface area (Å²) in [5.41, 5.74) is 0.0194. The first-order chi connectivity index (χ1) is 11.3. The molecule has 0 aliphatic carbocycles. The molecule has 0 spiro atoms. The third-order valence-electron chi connectivity index (χ3n) is 3.06. The minimum Gasteiger partial charge on any atom is -0.491 e. The molecule has 0 aliphatic heterocycles. The van der Waals surface area contributed by atoms with Crippen LogP contribution in [0.3, 0.4) is 0 Å². The van der Waals surface area contributed by atoms with E-state index in [1.807, 2.05) is 6.92 Å². The van der Waals surface area contributed by atoms with Crippen LogP contribution >= 0.6 is 11.6 Å².